The maximum Gasteiger partial charge on any atom is 0.407 e. The first-order chi connectivity index (χ1) is 19.4. The number of amides is 2. The second kappa shape index (κ2) is 12.4. The van der Waals surface area contributed by atoms with E-state index in [1.54, 1.807) is 11.3 Å². The Labute approximate surface area is 236 Å². The van der Waals surface area contributed by atoms with Gasteiger partial charge in [-0.1, -0.05) is 12.1 Å². The third-order valence-corrected chi connectivity index (χ3v) is 7.98. The van der Waals surface area contributed by atoms with Crippen LogP contribution in [-0.2, 0) is 25.0 Å². The highest BCUT2D eigenvalue weighted by atomic mass is 32.1. The molecule has 10 heteroatoms. The number of thiophene rings is 1. The third kappa shape index (κ3) is 6.24. The van der Waals surface area contributed by atoms with Crippen LogP contribution in [0, 0.1) is 5.92 Å². The number of hydrogen-bond donors (Lipinski definition) is 2. The first kappa shape index (κ1) is 27.5. The zero-order valence-electron chi connectivity index (χ0n) is 22.6. The zero-order valence-corrected chi connectivity index (χ0v) is 23.4. The van der Waals surface area contributed by atoms with Crippen molar-refractivity contribution < 1.29 is 28.9 Å². The molecule has 2 amide bonds. The molecular weight excluding hydrogens is 530 g/mol. The number of hydrogen-bond acceptors (Lipinski definition) is 6. The van der Waals surface area contributed by atoms with Gasteiger partial charge in [0.25, 0.3) is 5.91 Å². The van der Waals surface area contributed by atoms with Crippen LogP contribution < -0.4 is 14.8 Å². The van der Waals surface area contributed by atoms with Crippen LogP contribution in [0.2, 0.25) is 0 Å². The minimum atomic E-state index is -0.880. The van der Waals surface area contributed by atoms with E-state index in [0.29, 0.717) is 55.8 Å². The van der Waals surface area contributed by atoms with E-state index in [1.165, 1.54) is 4.90 Å². The Morgan fingerprint density at radius 3 is 2.55 bits per heavy atom. The van der Waals surface area contributed by atoms with E-state index in [4.69, 9.17) is 19.3 Å². The number of benzene rings is 2. The van der Waals surface area contributed by atoms with Gasteiger partial charge in [-0.15, -0.1) is 11.3 Å². The highest BCUT2D eigenvalue weighted by Gasteiger charge is 2.26. The molecule has 210 valence electrons. The van der Waals surface area contributed by atoms with Crippen LogP contribution >= 0.6 is 11.3 Å². The number of nitrogens with one attached hydrogen (secondary N) is 1. The molecule has 0 saturated carbocycles. The highest BCUT2D eigenvalue weighted by molar-refractivity contribution is 7.17. The van der Waals surface area contributed by atoms with Gasteiger partial charge < -0.3 is 34.1 Å². The molecule has 1 saturated heterocycles. The second-order valence-electron chi connectivity index (χ2n) is 9.75. The van der Waals surface area contributed by atoms with Gasteiger partial charge in [-0.2, -0.15) is 0 Å². The summed E-state index contributed by atoms with van der Waals surface area (Å²) < 4.78 is 20.7. The molecular formula is C30H33N3O6S. The zero-order chi connectivity index (χ0) is 28.1. The molecule has 5 rings (SSSR count). The number of fused-ring (bicyclic) bond motifs is 1. The lowest BCUT2D eigenvalue weighted by Crippen LogP contribution is -2.27. The van der Waals surface area contributed by atoms with Gasteiger partial charge in [-0.3, -0.25) is 4.79 Å². The average molecular weight is 564 g/mol. The first-order valence-corrected chi connectivity index (χ1v) is 14.2. The lowest BCUT2D eigenvalue weighted by atomic mass is 10.1. The summed E-state index contributed by atoms with van der Waals surface area (Å²) in [5.41, 5.74) is 4.09. The SMILES string of the molecule is CCOCc1cccc(NC(=O)c2cc3sccc3n2C)c1COc1ccc(OC[C@@H]2CCN(C(=O)O)C2)cc1. The molecule has 40 heavy (non-hydrogen) atoms. The molecule has 1 aliphatic rings. The molecule has 0 aliphatic carbocycles. The Morgan fingerprint density at radius 2 is 1.85 bits per heavy atom. The van der Waals surface area contributed by atoms with Crippen LogP contribution in [0.1, 0.15) is 35.0 Å². The lowest BCUT2D eigenvalue weighted by molar-refractivity contribution is 0.101. The summed E-state index contributed by atoms with van der Waals surface area (Å²) in [6.07, 6.45) is -0.0787. The van der Waals surface area contributed by atoms with Crippen LogP contribution in [-0.4, -0.2) is 52.9 Å². The number of carbonyl (C=O) groups excluding carboxylic acids is 1. The Hall–Kier alpha value is -4.02. The van der Waals surface area contributed by atoms with Crippen molar-refractivity contribution in [2.75, 3.05) is 31.6 Å². The second-order valence-corrected chi connectivity index (χ2v) is 10.7. The van der Waals surface area contributed by atoms with Gasteiger partial charge in [-0.05, 0) is 66.8 Å². The van der Waals surface area contributed by atoms with Crippen LogP contribution in [0.15, 0.2) is 60.0 Å². The quantitative estimate of drug-likeness (QED) is 0.233. The van der Waals surface area contributed by atoms with E-state index in [2.05, 4.69) is 5.32 Å². The van der Waals surface area contributed by atoms with Gasteiger partial charge in [0.15, 0.2) is 0 Å². The fourth-order valence-electron chi connectivity index (χ4n) is 4.87. The van der Waals surface area contributed by atoms with Crippen molar-refractivity contribution in [2.24, 2.45) is 13.0 Å². The maximum atomic E-state index is 13.3. The maximum absolute atomic E-state index is 13.3. The number of aryl methyl sites for hydroxylation is 1. The first-order valence-electron chi connectivity index (χ1n) is 13.3. The number of aromatic nitrogens is 1. The number of ether oxygens (including phenoxy) is 3. The Balaban J connectivity index is 1.25. The third-order valence-electron chi connectivity index (χ3n) is 7.13. The topological polar surface area (TPSA) is 102 Å². The molecule has 0 radical (unpaired) electrons. The largest absolute Gasteiger partial charge is 0.493 e. The van der Waals surface area contributed by atoms with Crippen molar-refractivity contribution >= 4 is 39.2 Å². The average Bonchev–Trinajstić information content (AvgIpc) is 3.69. The van der Waals surface area contributed by atoms with E-state index in [0.717, 1.165) is 27.8 Å². The number of rotatable bonds is 11. The normalized spacial score (nSPS) is 14.9. The smallest absolute Gasteiger partial charge is 0.407 e. The van der Waals surface area contributed by atoms with Crippen LogP contribution in [0.3, 0.4) is 0 Å². The fraction of sp³-hybridized carbons (Fsp3) is 0.333. The summed E-state index contributed by atoms with van der Waals surface area (Å²) in [7, 11) is 1.89. The molecule has 1 aliphatic heterocycles. The molecule has 0 spiro atoms. The minimum absolute atomic E-state index is 0.184. The van der Waals surface area contributed by atoms with E-state index in [1.807, 2.05) is 78.5 Å². The molecule has 9 nitrogen and oxygen atoms in total. The van der Waals surface area contributed by atoms with Crippen LogP contribution in [0.25, 0.3) is 10.2 Å². The summed E-state index contributed by atoms with van der Waals surface area (Å²) in [5, 5.41) is 14.2. The molecule has 4 aromatic rings. The Bertz CT molecular complexity index is 1480. The van der Waals surface area contributed by atoms with Crippen molar-refractivity contribution in [3.8, 4) is 11.5 Å². The molecule has 3 heterocycles. The molecule has 1 atom stereocenters. The van der Waals surface area contributed by atoms with Gasteiger partial charge in [0.2, 0.25) is 0 Å². The van der Waals surface area contributed by atoms with Crippen molar-refractivity contribution in [3.63, 3.8) is 0 Å². The number of anilines is 1. The Kier molecular flexibility index (Phi) is 8.57. The van der Waals surface area contributed by atoms with Crippen LogP contribution in [0.4, 0.5) is 10.5 Å². The summed E-state index contributed by atoms with van der Waals surface area (Å²) in [6, 6.07) is 17.1. The van der Waals surface area contributed by atoms with Gasteiger partial charge >= 0.3 is 6.09 Å². The Morgan fingerprint density at radius 1 is 1.07 bits per heavy atom. The van der Waals surface area contributed by atoms with Crippen LogP contribution in [0.5, 0.6) is 11.5 Å². The summed E-state index contributed by atoms with van der Waals surface area (Å²) in [6.45, 7) is 4.69. The van der Waals surface area contributed by atoms with E-state index in [-0.39, 0.29) is 18.4 Å². The number of carbonyl (C=O) groups is 2. The minimum Gasteiger partial charge on any atom is -0.493 e. The van der Waals surface area contributed by atoms with E-state index < -0.39 is 6.09 Å². The molecule has 1 fully saturated rings. The molecule has 0 unspecified atom stereocenters. The van der Waals surface area contributed by atoms with E-state index in [9.17, 15) is 9.59 Å². The standard InChI is InChI=1S/C30H33N3O6S/c1-3-37-18-21-5-4-6-25(31-29(34)27-15-28-26(32(27)2)12-14-40-28)24(21)19-39-23-9-7-22(8-10-23)38-17-20-11-13-33(16-20)30(35)36/h4-10,12,14-15,20H,3,11,13,16-19H2,1-2H3,(H,31,34)(H,35,36)/t20-/m1/s1. The molecule has 2 N–H and O–H groups in total. The number of carboxylic acid groups (broad SMARTS) is 1. The van der Waals surface area contributed by atoms with Crippen molar-refractivity contribution in [1.29, 1.82) is 0 Å². The molecule has 2 aromatic carbocycles. The predicted molar refractivity (Wildman–Crippen MR) is 154 cm³/mol. The molecule has 2 aromatic heterocycles. The summed E-state index contributed by atoms with van der Waals surface area (Å²) >= 11 is 1.61. The predicted octanol–water partition coefficient (Wildman–Crippen LogP) is 5.99. The van der Waals surface area contributed by atoms with Crippen molar-refractivity contribution in [2.45, 2.75) is 26.6 Å². The van der Waals surface area contributed by atoms with Gasteiger partial charge in [0.05, 0.1) is 23.4 Å². The fourth-order valence-corrected chi connectivity index (χ4v) is 5.72. The van der Waals surface area contributed by atoms with E-state index >= 15 is 0 Å². The number of likely N-dealkylation sites (tertiary alicyclic amines) is 1. The highest BCUT2D eigenvalue weighted by Crippen LogP contribution is 2.28. The van der Waals surface area contributed by atoms with Crippen molar-refractivity contribution in [1.82, 2.24) is 9.47 Å². The number of nitrogens with zero attached hydrogens (tertiary/aromatic N) is 2. The summed E-state index contributed by atoms with van der Waals surface area (Å²) in [5.74, 6) is 1.37. The summed E-state index contributed by atoms with van der Waals surface area (Å²) in [4.78, 5) is 25.8. The lowest BCUT2D eigenvalue weighted by Gasteiger charge is -2.17. The van der Waals surface area contributed by atoms with Gasteiger partial charge in [0, 0.05) is 43.9 Å². The van der Waals surface area contributed by atoms with Crippen molar-refractivity contribution in [3.05, 3.63) is 76.8 Å². The monoisotopic (exact) mass is 563 g/mol. The molecule has 0 bridgehead atoms. The van der Waals surface area contributed by atoms with Gasteiger partial charge in [0.1, 0.15) is 23.8 Å². The van der Waals surface area contributed by atoms with Gasteiger partial charge in [-0.25, -0.2) is 4.79 Å².